The molecule has 0 saturated carbocycles. The van der Waals surface area contributed by atoms with Crippen LogP contribution in [-0.2, 0) is 0 Å². The summed E-state index contributed by atoms with van der Waals surface area (Å²) >= 11 is 6.04. The van der Waals surface area contributed by atoms with Crippen molar-refractivity contribution < 1.29 is 0 Å². The molecule has 14 heavy (non-hydrogen) atoms. The summed E-state index contributed by atoms with van der Waals surface area (Å²) in [6, 6.07) is 1.99. The SMILES string of the molecule is CCC(C)C(NN)c1ccncc1Cl. The van der Waals surface area contributed by atoms with E-state index in [1.165, 1.54) is 0 Å². The first-order valence-electron chi connectivity index (χ1n) is 4.76. The predicted molar refractivity (Wildman–Crippen MR) is 58.8 cm³/mol. The maximum Gasteiger partial charge on any atom is 0.0637 e. The Morgan fingerprint density at radius 2 is 2.36 bits per heavy atom. The van der Waals surface area contributed by atoms with Crippen molar-refractivity contribution in [3.05, 3.63) is 29.0 Å². The molecule has 2 unspecified atom stereocenters. The first-order valence-corrected chi connectivity index (χ1v) is 5.14. The van der Waals surface area contributed by atoms with Crippen molar-refractivity contribution in [1.82, 2.24) is 10.4 Å². The quantitative estimate of drug-likeness (QED) is 0.596. The van der Waals surface area contributed by atoms with Crippen LogP contribution >= 0.6 is 11.6 Å². The van der Waals surface area contributed by atoms with Gasteiger partial charge in [-0.05, 0) is 17.5 Å². The van der Waals surface area contributed by atoms with Gasteiger partial charge in [-0.15, -0.1) is 0 Å². The second-order valence-electron chi connectivity index (χ2n) is 3.43. The molecule has 78 valence electrons. The van der Waals surface area contributed by atoms with E-state index >= 15 is 0 Å². The molecule has 1 rings (SSSR count). The van der Waals surface area contributed by atoms with Crippen LogP contribution in [0.5, 0.6) is 0 Å². The molecule has 0 spiro atoms. The Hall–Kier alpha value is -0.640. The Morgan fingerprint density at radius 3 is 2.86 bits per heavy atom. The van der Waals surface area contributed by atoms with Crippen LogP contribution in [0.15, 0.2) is 18.5 Å². The molecule has 0 aliphatic heterocycles. The summed E-state index contributed by atoms with van der Waals surface area (Å²) < 4.78 is 0. The van der Waals surface area contributed by atoms with Gasteiger partial charge in [-0.3, -0.25) is 16.3 Å². The highest BCUT2D eigenvalue weighted by Gasteiger charge is 2.18. The molecule has 0 radical (unpaired) electrons. The zero-order valence-corrected chi connectivity index (χ0v) is 9.25. The van der Waals surface area contributed by atoms with Crippen LogP contribution in [0.4, 0.5) is 0 Å². The Kier molecular flexibility index (Phi) is 4.32. The number of hydrogen-bond donors (Lipinski definition) is 2. The van der Waals surface area contributed by atoms with Crippen LogP contribution in [0, 0.1) is 5.92 Å². The number of halogens is 1. The second kappa shape index (κ2) is 5.29. The molecule has 0 aliphatic rings. The van der Waals surface area contributed by atoms with Gasteiger partial charge in [-0.2, -0.15) is 0 Å². The van der Waals surface area contributed by atoms with Gasteiger partial charge in [0, 0.05) is 12.4 Å². The van der Waals surface area contributed by atoms with Crippen molar-refractivity contribution in [2.24, 2.45) is 11.8 Å². The third kappa shape index (κ3) is 2.44. The monoisotopic (exact) mass is 213 g/mol. The molecule has 2 atom stereocenters. The lowest BCUT2D eigenvalue weighted by Crippen LogP contribution is -2.32. The van der Waals surface area contributed by atoms with Crippen molar-refractivity contribution >= 4 is 11.6 Å². The largest absolute Gasteiger partial charge is 0.271 e. The highest BCUT2D eigenvalue weighted by molar-refractivity contribution is 6.31. The van der Waals surface area contributed by atoms with Crippen molar-refractivity contribution in [3.8, 4) is 0 Å². The number of pyridine rings is 1. The number of hydrogen-bond acceptors (Lipinski definition) is 3. The fourth-order valence-electron chi connectivity index (χ4n) is 1.43. The minimum atomic E-state index is 0.0931. The van der Waals surface area contributed by atoms with E-state index in [1.807, 2.05) is 6.07 Å². The molecule has 0 bridgehead atoms. The summed E-state index contributed by atoms with van der Waals surface area (Å²) in [6.45, 7) is 4.27. The van der Waals surface area contributed by atoms with E-state index in [9.17, 15) is 0 Å². The van der Waals surface area contributed by atoms with Gasteiger partial charge < -0.3 is 0 Å². The topological polar surface area (TPSA) is 50.9 Å². The van der Waals surface area contributed by atoms with E-state index in [-0.39, 0.29) is 6.04 Å². The summed E-state index contributed by atoms with van der Waals surface area (Å²) in [6.07, 6.45) is 4.42. The molecule has 1 aromatic rings. The summed E-state index contributed by atoms with van der Waals surface area (Å²) in [5.41, 5.74) is 3.81. The molecular weight excluding hydrogens is 198 g/mol. The van der Waals surface area contributed by atoms with Crippen molar-refractivity contribution in [1.29, 1.82) is 0 Å². The van der Waals surface area contributed by atoms with Gasteiger partial charge in [0.1, 0.15) is 0 Å². The van der Waals surface area contributed by atoms with Crippen LogP contribution in [0.2, 0.25) is 5.02 Å². The number of nitrogens with zero attached hydrogens (tertiary/aromatic N) is 1. The minimum absolute atomic E-state index is 0.0931. The van der Waals surface area contributed by atoms with E-state index < -0.39 is 0 Å². The molecule has 1 heterocycles. The lowest BCUT2D eigenvalue weighted by Gasteiger charge is -2.23. The molecule has 4 heteroatoms. The first-order chi connectivity index (χ1) is 6.70. The third-order valence-corrected chi connectivity index (χ3v) is 2.85. The first kappa shape index (κ1) is 11.4. The number of rotatable bonds is 4. The maximum absolute atomic E-state index is 6.04. The smallest absolute Gasteiger partial charge is 0.0637 e. The van der Waals surface area contributed by atoms with Gasteiger partial charge in [0.2, 0.25) is 0 Å². The van der Waals surface area contributed by atoms with Gasteiger partial charge >= 0.3 is 0 Å². The third-order valence-electron chi connectivity index (χ3n) is 2.53. The number of hydrazine groups is 1. The zero-order chi connectivity index (χ0) is 10.6. The van der Waals surface area contributed by atoms with Crippen molar-refractivity contribution in [3.63, 3.8) is 0 Å². The molecule has 0 amide bonds. The Bertz CT molecular complexity index is 290. The van der Waals surface area contributed by atoms with Crippen LogP contribution < -0.4 is 11.3 Å². The zero-order valence-electron chi connectivity index (χ0n) is 8.50. The van der Waals surface area contributed by atoms with Gasteiger partial charge in [-0.25, -0.2) is 0 Å². The number of nitrogens with two attached hydrogens (primary N) is 1. The predicted octanol–water partition coefficient (Wildman–Crippen LogP) is 2.29. The van der Waals surface area contributed by atoms with Crippen molar-refractivity contribution in [2.45, 2.75) is 26.3 Å². The Balaban J connectivity index is 2.94. The molecule has 0 saturated heterocycles. The summed E-state index contributed by atoms with van der Waals surface area (Å²) in [7, 11) is 0. The molecule has 0 fully saturated rings. The average Bonchev–Trinajstić information content (AvgIpc) is 2.21. The lowest BCUT2D eigenvalue weighted by molar-refractivity contribution is 0.383. The van der Waals surface area contributed by atoms with Crippen LogP contribution in [0.25, 0.3) is 0 Å². The van der Waals surface area contributed by atoms with Gasteiger partial charge in [-0.1, -0.05) is 31.9 Å². The second-order valence-corrected chi connectivity index (χ2v) is 3.83. The molecule has 0 aliphatic carbocycles. The van der Waals surface area contributed by atoms with E-state index in [4.69, 9.17) is 17.4 Å². The van der Waals surface area contributed by atoms with E-state index in [1.54, 1.807) is 12.4 Å². The highest BCUT2D eigenvalue weighted by Crippen LogP contribution is 2.28. The standard InChI is InChI=1S/C10H16ClN3/c1-3-7(2)10(14-12)8-4-5-13-6-9(8)11/h4-7,10,14H,3,12H2,1-2H3. The van der Waals surface area contributed by atoms with Crippen LogP contribution in [0.1, 0.15) is 31.9 Å². The van der Waals surface area contributed by atoms with E-state index in [2.05, 4.69) is 24.3 Å². The highest BCUT2D eigenvalue weighted by atomic mass is 35.5. The van der Waals surface area contributed by atoms with Gasteiger partial charge in [0.15, 0.2) is 0 Å². The Labute approximate surface area is 89.6 Å². The molecule has 3 nitrogen and oxygen atoms in total. The lowest BCUT2D eigenvalue weighted by atomic mass is 9.94. The van der Waals surface area contributed by atoms with Crippen LogP contribution in [0.3, 0.4) is 0 Å². The minimum Gasteiger partial charge on any atom is -0.271 e. The van der Waals surface area contributed by atoms with E-state index in [0.717, 1.165) is 12.0 Å². The fourth-order valence-corrected chi connectivity index (χ4v) is 1.67. The van der Waals surface area contributed by atoms with Crippen molar-refractivity contribution in [2.75, 3.05) is 0 Å². The molecule has 0 aromatic carbocycles. The number of aromatic nitrogens is 1. The van der Waals surface area contributed by atoms with E-state index in [0.29, 0.717) is 10.9 Å². The maximum atomic E-state index is 6.04. The molecule has 1 aromatic heterocycles. The fraction of sp³-hybridized carbons (Fsp3) is 0.500. The average molecular weight is 214 g/mol. The van der Waals surface area contributed by atoms with Gasteiger partial charge in [0.25, 0.3) is 0 Å². The summed E-state index contributed by atoms with van der Waals surface area (Å²) in [5.74, 6) is 5.97. The summed E-state index contributed by atoms with van der Waals surface area (Å²) in [5, 5.41) is 0.663. The molecule has 3 N–H and O–H groups in total. The summed E-state index contributed by atoms with van der Waals surface area (Å²) in [4.78, 5) is 3.95. The Morgan fingerprint density at radius 1 is 1.64 bits per heavy atom. The molecular formula is C10H16ClN3. The number of nitrogens with one attached hydrogen (secondary N) is 1. The van der Waals surface area contributed by atoms with Gasteiger partial charge in [0.05, 0.1) is 11.1 Å². The van der Waals surface area contributed by atoms with Crippen LogP contribution in [-0.4, -0.2) is 4.98 Å². The normalized spacial score (nSPS) is 15.1.